The van der Waals surface area contributed by atoms with Gasteiger partial charge in [-0.05, 0) is 18.2 Å². The smallest absolute Gasteiger partial charge is 0.152 e. The summed E-state index contributed by atoms with van der Waals surface area (Å²) >= 11 is 0. The summed E-state index contributed by atoms with van der Waals surface area (Å²) in [6.45, 7) is 0.689. The van der Waals surface area contributed by atoms with E-state index in [4.69, 9.17) is 4.74 Å². The maximum absolute atomic E-state index is 11.1. The summed E-state index contributed by atoms with van der Waals surface area (Å²) in [7, 11) is 3.63. The zero-order valence-corrected chi connectivity index (χ0v) is 11.2. The number of hydrogen-bond donors (Lipinski definition) is 0. The van der Waals surface area contributed by atoms with Crippen molar-refractivity contribution in [1.82, 2.24) is 0 Å². The van der Waals surface area contributed by atoms with Gasteiger partial charge in [0, 0.05) is 30.4 Å². The van der Waals surface area contributed by atoms with Crippen LogP contribution in [0.5, 0.6) is 5.75 Å². The predicted molar refractivity (Wildman–Crippen MR) is 76.9 cm³/mol. The lowest BCUT2D eigenvalue weighted by atomic mass is 10.1. The van der Waals surface area contributed by atoms with E-state index in [1.165, 1.54) is 0 Å². The van der Waals surface area contributed by atoms with Crippen LogP contribution in [0.3, 0.4) is 0 Å². The third-order valence-electron chi connectivity index (χ3n) is 3.08. The van der Waals surface area contributed by atoms with E-state index in [0.717, 1.165) is 23.3 Å². The molecule has 0 atom stereocenters. The number of rotatable bonds is 5. The molecule has 2 rings (SSSR count). The van der Waals surface area contributed by atoms with Gasteiger partial charge in [-0.1, -0.05) is 30.3 Å². The van der Waals surface area contributed by atoms with Gasteiger partial charge in [-0.3, -0.25) is 4.79 Å². The van der Waals surface area contributed by atoms with Crippen molar-refractivity contribution in [3.05, 3.63) is 59.7 Å². The minimum absolute atomic E-state index is 0.689. The van der Waals surface area contributed by atoms with Crippen LogP contribution in [0.4, 0.5) is 5.69 Å². The van der Waals surface area contributed by atoms with E-state index in [-0.39, 0.29) is 0 Å². The van der Waals surface area contributed by atoms with E-state index in [2.05, 4.69) is 0 Å². The summed E-state index contributed by atoms with van der Waals surface area (Å²) < 4.78 is 5.34. The topological polar surface area (TPSA) is 29.5 Å². The second-order valence-corrected chi connectivity index (χ2v) is 4.34. The van der Waals surface area contributed by atoms with Gasteiger partial charge in [0.15, 0.2) is 6.29 Å². The molecule has 0 aliphatic carbocycles. The van der Waals surface area contributed by atoms with Gasteiger partial charge in [-0.15, -0.1) is 0 Å². The molecule has 0 radical (unpaired) electrons. The molecule has 3 nitrogen and oxygen atoms in total. The number of aldehydes is 1. The first kappa shape index (κ1) is 13.1. The first-order valence-corrected chi connectivity index (χ1v) is 6.13. The van der Waals surface area contributed by atoms with E-state index in [1.807, 2.05) is 60.5 Å². The summed E-state index contributed by atoms with van der Waals surface area (Å²) in [5, 5.41) is 0. The van der Waals surface area contributed by atoms with Crippen molar-refractivity contribution in [2.24, 2.45) is 0 Å². The quantitative estimate of drug-likeness (QED) is 0.769. The third kappa shape index (κ3) is 2.94. The minimum atomic E-state index is 0.689. The molecule has 0 saturated carbocycles. The van der Waals surface area contributed by atoms with Crippen molar-refractivity contribution in [3.63, 3.8) is 0 Å². The molecule has 0 unspecified atom stereocenters. The average molecular weight is 255 g/mol. The standard InChI is InChI=1S/C16H17NO2/c1-17(15-9-5-3-8-14(15)12-18)11-13-7-4-6-10-16(13)19-2/h3-10,12H,11H2,1-2H3. The molecule has 0 saturated heterocycles. The third-order valence-corrected chi connectivity index (χ3v) is 3.08. The van der Waals surface area contributed by atoms with Crippen molar-refractivity contribution in [2.75, 3.05) is 19.1 Å². The number of benzene rings is 2. The highest BCUT2D eigenvalue weighted by Gasteiger charge is 2.09. The molecule has 0 fully saturated rings. The van der Waals surface area contributed by atoms with Gasteiger partial charge in [-0.25, -0.2) is 0 Å². The Bertz CT molecular complexity index is 566. The molecule has 0 amide bonds. The first-order valence-electron chi connectivity index (χ1n) is 6.13. The van der Waals surface area contributed by atoms with Crippen LogP contribution in [0, 0.1) is 0 Å². The highest BCUT2D eigenvalue weighted by molar-refractivity contribution is 5.84. The molecule has 3 heteroatoms. The van der Waals surface area contributed by atoms with E-state index >= 15 is 0 Å². The van der Waals surface area contributed by atoms with Gasteiger partial charge < -0.3 is 9.64 Å². The number of methoxy groups -OCH3 is 1. The summed E-state index contributed by atoms with van der Waals surface area (Å²) in [5.41, 5.74) is 2.71. The molecule has 98 valence electrons. The van der Waals surface area contributed by atoms with Gasteiger partial charge in [0.05, 0.1) is 7.11 Å². The largest absolute Gasteiger partial charge is 0.496 e. The monoisotopic (exact) mass is 255 g/mol. The van der Waals surface area contributed by atoms with Crippen LogP contribution in [-0.4, -0.2) is 20.4 Å². The van der Waals surface area contributed by atoms with Crippen molar-refractivity contribution in [2.45, 2.75) is 6.54 Å². The summed E-state index contributed by atoms with van der Waals surface area (Å²) in [6, 6.07) is 15.5. The maximum Gasteiger partial charge on any atom is 0.152 e. The number of nitrogens with zero attached hydrogens (tertiary/aromatic N) is 1. The molecular formula is C16H17NO2. The molecule has 0 bridgehead atoms. The first-order chi connectivity index (χ1) is 9.26. The number of para-hydroxylation sites is 2. The zero-order valence-electron chi connectivity index (χ0n) is 11.2. The Morgan fingerprint density at radius 1 is 1.11 bits per heavy atom. The average Bonchev–Trinajstić information content (AvgIpc) is 2.47. The fourth-order valence-electron chi connectivity index (χ4n) is 2.11. The van der Waals surface area contributed by atoms with Gasteiger partial charge in [0.1, 0.15) is 5.75 Å². The fraction of sp³-hybridized carbons (Fsp3) is 0.188. The normalized spacial score (nSPS) is 10.0. The van der Waals surface area contributed by atoms with E-state index in [1.54, 1.807) is 7.11 Å². The highest BCUT2D eigenvalue weighted by Crippen LogP contribution is 2.23. The van der Waals surface area contributed by atoms with Crippen LogP contribution in [0.15, 0.2) is 48.5 Å². The summed E-state index contributed by atoms with van der Waals surface area (Å²) in [5.74, 6) is 0.859. The van der Waals surface area contributed by atoms with Crippen molar-refractivity contribution >= 4 is 12.0 Å². The zero-order chi connectivity index (χ0) is 13.7. The molecule has 0 N–H and O–H groups in total. The van der Waals surface area contributed by atoms with Gasteiger partial charge in [-0.2, -0.15) is 0 Å². The Kier molecular flexibility index (Phi) is 4.18. The molecule has 2 aromatic rings. The predicted octanol–water partition coefficient (Wildman–Crippen LogP) is 3.14. The van der Waals surface area contributed by atoms with Crippen LogP contribution >= 0.6 is 0 Å². The van der Waals surface area contributed by atoms with Crippen LogP contribution in [0.25, 0.3) is 0 Å². The Morgan fingerprint density at radius 2 is 1.79 bits per heavy atom. The van der Waals surface area contributed by atoms with E-state index in [0.29, 0.717) is 12.1 Å². The number of hydrogen-bond acceptors (Lipinski definition) is 3. The second kappa shape index (κ2) is 6.05. The number of carbonyl (C=O) groups excluding carboxylic acids is 1. The van der Waals surface area contributed by atoms with Crippen LogP contribution in [0.2, 0.25) is 0 Å². The van der Waals surface area contributed by atoms with E-state index in [9.17, 15) is 4.79 Å². The minimum Gasteiger partial charge on any atom is -0.496 e. The van der Waals surface area contributed by atoms with Crippen molar-refractivity contribution in [1.29, 1.82) is 0 Å². The summed E-state index contributed by atoms with van der Waals surface area (Å²) in [4.78, 5) is 13.1. The lowest BCUT2D eigenvalue weighted by Crippen LogP contribution is -2.18. The van der Waals surface area contributed by atoms with E-state index < -0.39 is 0 Å². The molecule has 2 aromatic carbocycles. The Hall–Kier alpha value is -2.29. The van der Waals surface area contributed by atoms with Gasteiger partial charge >= 0.3 is 0 Å². The SMILES string of the molecule is COc1ccccc1CN(C)c1ccccc1C=O. The lowest BCUT2D eigenvalue weighted by molar-refractivity contribution is 0.112. The van der Waals surface area contributed by atoms with Crippen LogP contribution in [0.1, 0.15) is 15.9 Å². The van der Waals surface area contributed by atoms with Crippen molar-refractivity contribution in [3.8, 4) is 5.75 Å². The fourth-order valence-corrected chi connectivity index (χ4v) is 2.11. The molecule has 0 heterocycles. The number of ether oxygens (including phenoxy) is 1. The van der Waals surface area contributed by atoms with Crippen molar-refractivity contribution < 1.29 is 9.53 Å². The lowest BCUT2D eigenvalue weighted by Gasteiger charge is -2.22. The number of carbonyl (C=O) groups is 1. The van der Waals surface area contributed by atoms with Crippen LogP contribution < -0.4 is 9.64 Å². The van der Waals surface area contributed by atoms with Crippen LogP contribution in [-0.2, 0) is 6.54 Å². The van der Waals surface area contributed by atoms with Gasteiger partial charge in [0.2, 0.25) is 0 Å². The molecule has 0 aromatic heterocycles. The molecular weight excluding hydrogens is 238 g/mol. The Morgan fingerprint density at radius 3 is 2.53 bits per heavy atom. The molecule has 0 aliphatic rings. The Labute approximate surface area is 113 Å². The van der Waals surface area contributed by atoms with Gasteiger partial charge in [0.25, 0.3) is 0 Å². The molecule has 0 spiro atoms. The molecule has 0 aliphatic heterocycles. The molecule has 19 heavy (non-hydrogen) atoms. The second-order valence-electron chi connectivity index (χ2n) is 4.34. The Balaban J connectivity index is 2.25. The number of anilines is 1. The highest BCUT2D eigenvalue weighted by atomic mass is 16.5. The maximum atomic E-state index is 11.1. The summed E-state index contributed by atoms with van der Waals surface area (Å²) in [6.07, 6.45) is 0.883.